The first-order valence-corrected chi connectivity index (χ1v) is 7.26. The fourth-order valence-corrected chi connectivity index (χ4v) is 2.89. The molecule has 0 fully saturated rings. The van der Waals surface area contributed by atoms with Crippen molar-refractivity contribution in [2.45, 2.75) is 12.6 Å². The Balaban J connectivity index is 1.82. The lowest BCUT2D eigenvalue weighted by Crippen LogP contribution is -2.51. The van der Waals surface area contributed by atoms with Crippen molar-refractivity contribution < 1.29 is 9.53 Å². The second kappa shape index (κ2) is 4.60. The number of hydrogen-bond acceptors (Lipinski definition) is 2. The molecule has 0 saturated carbocycles. The predicted octanol–water partition coefficient (Wildman–Crippen LogP) is 3.83. The van der Waals surface area contributed by atoms with E-state index in [-0.39, 0.29) is 5.91 Å². The third-order valence-electron chi connectivity index (χ3n) is 4.10. The Kier molecular flexibility index (Phi) is 2.70. The van der Waals surface area contributed by atoms with Crippen molar-refractivity contribution in [2.24, 2.45) is 0 Å². The quantitative estimate of drug-likeness (QED) is 0.739. The Morgan fingerprint density at radius 3 is 2.50 bits per heavy atom. The van der Waals surface area contributed by atoms with Gasteiger partial charge in [0.15, 0.2) is 0 Å². The number of benzene rings is 3. The Morgan fingerprint density at radius 1 is 0.909 bits per heavy atom. The molecule has 0 unspecified atom stereocenters. The summed E-state index contributed by atoms with van der Waals surface area (Å²) in [6.07, 6.45) is 0. The van der Waals surface area contributed by atoms with Gasteiger partial charge in [-0.3, -0.25) is 4.79 Å². The molecule has 0 saturated heterocycles. The number of para-hydroxylation sites is 1. The monoisotopic (exact) mass is 289 g/mol. The second-order valence-corrected chi connectivity index (χ2v) is 5.65. The lowest BCUT2D eigenvalue weighted by molar-refractivity contribution is 0.0290. The van der Waals surface area contributed by atoms with E-state index < -0.39 is 5.72 Å². The standard InChI is InChI=1S/C19H15NO2/c1-19(15-11-10-13-6-2-3-7-14(13)12-15)20-18(21)16-8-4-5-9-17(16)22-19/h2-12H,1H3,(H,20,21)/t19-/m1/s1. The normalized spacial score (nSPS) is 20.1. The second-order valence-electron chi connectivity index (χ2n) is 5.65. The van der Waals surface area contributed by atoms with Crippen LogP contribution in [0.2, 0.25) is 0 Å². The highest BCUT2D eigenvalue weighted by Crippen LogP contribution is 2.34. The maximum atomic E-state index is 12.3. The van der Waals surface area contributed by atoms with Crippen molar-refractivity contribution in [2.75, 3.05) is 0 Å². The van der Waals surface area contributed by atoms with Gasteiger partial charge in [-0.15, -0.1) is 0 Å². The molecule has 1 heterocycles. The first-order chi connectivity index (χ1) is 10.7. The molecule has 1 aliphatic rings. The fourth-order valence-electron chi connectivity index (χ4n) is 2.89. The van der Waals surface area contributed by atoms with E-state index in [1.165, 1.54) is 0 Å². The van der Waals surface area contributed by atoms with Crippen LogP contribution in [0.15, 0.2) is 66.7 Å². The lowest BCUT2D eigenvalue weighted by atomic mass is 9.98. The number of nitrogens with one attached hydrogen (secondary N) is 1. The van der Waals surface area contributed by atoms with Crippen molar-refractivity contribution in [3.63, 3.8) is 0 Å². The summed E-state index contributed by atoms with van der Waals surface area (Å²) in [6, 6.07) is 21.5. The molecule has 3 aromatic rings. The van der Waals surface area contributed by atoms with Gasteiger partial charge in [0.05, 0.1) is 5.56 Å². The zero-order valence-corrected chi connectivity index (χ0v) is 12.2. The molecule has 1 N–H and O–H groups in total. The average Bonchev–Trinajstić information content (AvgIpc) is 2.54. The molecule has 108 valence electrons. The van der Waals surface area contributed by atoms with Gasteiger partial charge in [-0.05, 0) is 35.9 Å². The Bertz CT molecular complexity index is 887. The number of hydrogen-bond donors (Lipinski definition) is 1. The van der Waals surface area contributed by atoms with E-state index in [1.807, 2.05) is 49.4 Å². The van der Waals surface area contributed by atoms with Gasteiger partial charge in [0.1, 0.15) is 5.75 Å². The van der Waals surface area contributed by atoms with Gasteiger partial charge in [0.25, 0.3) is 5.91 Å². The van der Waals surface area contributed by atoms with Crippen LogP contribution in [0.25, 0.3) is 10.8 Å². The smallest absolute Gasteiger partial charge is 0.258 e. The molecule has 1 aliphatic heterocycles. The van der Waals surface area contributed by atoms with Gasteiger partial charge >= 0.3 is 0 Å². The van der Waals surface area contributed by atoms with Crippen LogP contribution in [0, 0.1) is 0 Å². The maximum Gasteiger partial charge on any atom is 0.258 e. The zero-order valence-electron chi connectivity index (χ0n) is 12.2. The first kappa shape index (κ1) is 12.9. The maximum absolute atomic E-state index is 12.3. The minimum Gasteiger partial charge on any atom is -0.463 e. The highest BCUT2D eigenvalue weighted by molar-refractivity contribution is 5.98. The van der Waals surface area contributed by atoms with E-state index in [0.29, 0.717) is 11.3 Å². The van der Waals surface area contributed by atoms with E-state index in [4.69, 9.17) is 4.74 Å². The van der Waals surface area contributed by atoms with Gasteiger partial charge < -0.3 is 10.1 Å². The number of ether oxygens (including phenoxy) is 1. The molecule has 3 aromatic carbocycles. The van der Waals surface area contributed by atoms with Crippen LogP contribution in [0.4, 0.5) is 0 Å². The van der Waals surface area contributed by atoms with E-state index in [9.17, 15) is 4.79 Å². The number of rotatable bonds is 1. The molecule has 0 aromatic heterocycles. The van der Waals surface area contributed by atoms with E-state index >= 15 is 0 Å². The summed E-state index contributed by atoms with van der Waals surface area (Å²) in [4.78, 5) is 12.3. The van der Waals surface area contributed by atoms with Gasteiger partial charge in [-0.2, -0.15) is 0 Å². The van der Waals surface area contributed by atoms with Crippen LogP contribution in [-0.2, 0) is 5.72 Å². The van der Waals surface area contributed by atoms with Crippen molar-refractivity contribution >= 4 is 16.7 Å². The summed E-state index contributed by atoms with van der Waals surface area (Å²) < 4.78 is 6.09. The minimum atomic E-state index is -0.866. The summed E-state index contributed by atoms with van der Waals surface area (Å²) in [5.74, 6) is 0.499. The number of amides is 1. The van der Waals surface area contributed by atoms with Crippen LogP contribution in [0.3, 0.4) is 0 Å². The van der Waals surface area contributed by atoms with Crippen molar-refractivity contribution in [1.29, 1.82) is 0 Å². The number of fused-ring (bicyclic) bond motifs is 2. The van der Waals surface area contributed by atoms with E-state index in [2.05, 4.69) is 23.5 Å². The number of carbonyl (C=O) groups is 1. The largest absolute Gasteiger partial charge is 0.463 e. The Morgan fingerprint density at radius 2 is 1.64 bits per heavy atom. The summed E-state index contributed by atoms with van der Waals surface area (Å²) in [5, 5.41) is 5.26. The lowest BCUT2D eigenvalue weighted by Gasteiger charge is -2.36. The SMILES string of the molecule is C[C@@]1(c2ccc3ccccc3c2)NC(=O)c2ccccc2O1. The molecule has 22 heavy (non-hydrogen) atoms. The topological polar surface area (TPSA) is 38.3 Å². The predicted molar refractivity (Wildman–Crippen MR) is 85.8 cm³/mol. The molecule has 0 aliphatic carbocycles. The Hall–Kier alpha value is -2.81. The molecule has 0 bridgehead atoms. The summed E-state index contributed by atoms with van der Waals surface area (Å²) in [7, 11) is 0. The molecule has 3 nitrogen and oxygen atoms in total. The molecule has 4 rings (SSSR count). The summed E-state index contributed by atoms with van der Waals surface area (Å²) >= 11 is 0. The highest BCUT2D eigenvalue weighted by Gasteiger charge is 2.37. The Labute approximate surface area is 128 Å². The molecule has 0 spiro atoms. The van der Waals surface area contributed by atoms with E-state index in [0.717, 1.165) is 16.3 Å². The fraction of sp³-hybridized carbons (Fsp3) is 0.105. The highest BCUT2D eigenvalue weighted by atomic mass is 16.5. The third-order valence-corrected chi connectivity index (χ3v) is 4.10. The molecule has 1 atom stereocenters. The van der Waals surface area contributed by atoms with Crippen LogP contribution in [-0.4, -0.2) is 5.91 Å². The van der Waals surface area contributed by atoms with Crippen molar-refractivity contribution in [1.82, 2.24) is 5.32 Å². The van der Waals surface area contributed by atoms with Crippen LogP contribution in [0.5, 0.6) is 5.75 Å². The van der Waals surface area contributed by atoms with Crippen molar-refractivity contribution in [3.8, 4) is 5.75 Å². The zero-order chi connectivity index (χ0) is 15.2. The molecular formula is C19H15NO2. The van der Waals surface area contributed by atoms with Crippen LogP contribution < -0.4 is 10.1 Å². The van der Waals surface area contributed by atoms with Crippen molar-refractivity contribution in [3.05, 3.63) is 77.9 Å². The average molecular weight is 289 g/mol. The minimum absolute atomic E-state index is 0.113. The van der Waals surface area contributed by atoms with E-state index in [1.54, 1.807) is 6.07 Å². The first-order valence-electron chi connectivity index (χ1n) is 7.26. The van der Waals surface area contributed by atoms with Gasteiger partial charge in [0, 0.05) is 5.56 Å². The van der Waals surface area contributed by atoms with Gasteiger partial charge in [-0.25, -0.2) is 0 Å². The molecular weight excluding hydrogens is 274 g/mol. The molecule has 3 heteroatoms. The molecule has 0 radical (unpaired) electrons. The van der Waals surface area contributed by atoms with Crippen LogP contribution in [0.1, 0.15) is 22.8 Å². The molecule has 1 amide bonds. The van der Waals surface area contributed by atoms with Crippen LogP contribution >= 0.6 is 0 Å². The third kappa shape index (κ3) is 1.94. The summed E-state index contributed by atoms with van der Waals surface area (Å²) in [5.41, 5.74) is 0.630. The number of carbonyl (C=O) groups excluding carboxylic acids is 1. The summed E-state index contributed by atoms with van der Waals surface area (Å²) in [6.45, 7) is 1.88. The van der Waals surface area contributed by atoms with Gasteiger partial charge in [0.2, 0.25) is 5.72 Å². The van der Waals surface area contributed by atoms with Gasteiger partial charge in [-0.1, -0.05) is 48.5 Å².